The minimum Gasteiger partial charge on any atom is -0.444 e. The van der Waals surface area contributed by atoms with Crippen LogP contribution in [0.1, 0.15) is 38.3 Å². The predicted octanol–water partition coefficient (Wildman–Crippen LogP) is 4.63. The van der Waals surface area contributed by atoms with E-state index >= 15 is 0 Å². The number of alkyl halides is 3. The Morgan fingerprint density at radius 2 is 1.96 bits per heavy atom. The van der Waals surface area contributed by atoms with Crippen molar-refractivity contribution >= 4 is 17.7 Å². The Morgan fingerprint density at radius 3 is 2.52 bits per heavy atom. The highest BCUT2D eigenvalue weighted by molar-refractivity contribution is 6.30. The monoisotopic (exact) mass is 347 g/mol. The van der Waals surface area contributed by atoms with Crippen LogP contribution in [0.4, 0.5) is 18.0 Å². The average Bonchev–Trinajstić information content (AvgIpc) is 2.34. The lowest BCUT2D eigenvalue weighted by Crippen LogP contribution is -2.32. The van der Waals surface area contributed by atoms with Gasteiger partial charge in [-0.3, -0.25) is 0 Å². The van der Waals surface area contributed by atoms with E-state index in [0.29, 0.717) is 0 Å². The molecule has 1 rings (SSSR count). The standard InChI is InChI=1S/C16H17ClF3NO2/c1-15(2,3)23-14(22)21-9-5-4-6-11-10-12(17)7-8-13(11)16(18,19)20/h7-8,10H,5,9H2,1-3H3,(H,21,22). The van der Waals surface area contributed by atoms with Gasteiger partial charge in [-0.1, -0.05) is 23.4 Å². The van der Waals surface area contributed by atoms with Crippen LogP contribution in [0.15, 0.2) is 18.2 Å². The van der Waals surface area contributed by atoms with Gasteiger partial charge in [0.25, 0.3) is 0 Å². The first-order chi connectivity index (χ1) is 10.5. The number of hydrogen-bond donors (Lipinski definition) is 1. The Labute approximate surface area is 138 Å². The molecule has 0 aromatic heterocycles. The molecule has 0 aliphatic heterocycles. The van der Waals surface area contributed by atoms with Crippen molar-refractivity contribution in [3.05, 3.63) is 34.3 Å². The molecule has 0 heterocycles. The van der Waals surface area contributed by atoms with Crippen LogP contribution in [0.5, 0.6) is 0 Å². The van der Waals surface area contributed by atoms with Crippen molar-refractivity contribution in [2.24, 2.45) is 0 Å². The maximum Gasteiger partial charge on any atom is 0.417 e. The summed E-state index contributed by atoms with van der Waals surface area (Å²) in [6.45, 7) is 5.35. The second-order valence-corrected chi connectivity index (χ2v) is 6.10. The van der Waals surface area contributed by atoms with Crippen molar-refractivity contribution in [3.8, 4) is 11.8 Å². The fourth-order valence-electron chi connectivity index (χ4n) is 1.57. The topological polar surface area (TPSA) is 38.3 Å². The van der Waals surface area contributed by atoms with Gasteiger partial charge in [0.05, 0.1) is 5.56 Å². The Hall–Kier alpha value is -1.87. The zero-order valence-electron chi connectivity index (χ0n) is 13.0. The number of carbonyl (C=O) groups is 1. The highest BCUT2D eigenvalue weighted by atomic mass is 35.5. The van der Waals surface area contributed by atoms with E-state index in [-0.39, 0.29) is 23.6 Å². The Balaban J connectivity index is 2.64. The molecule has 0 fully saturated rings. The number of hydrogen-bond acceptors (Lipinski definition) is 2. The zero-order chi connectivity index (χ0) is 17.7. The van der Waals surface area contributed by atoms with Gasteiger partial charge >= 0.3 is 12.3 Å². The average molecular weight is 348 g/mol. The van der Waals surface area contributed by atoms with Crippen molar-refractivity contribution in [3.63, 3.8) is 0 Å². The summed E-state index contributed by atoms with van der Waals surface area (Å²) < 4.78 is 43.5. The third kappa shape index (κ3) is 7.29. The van der Waals surface area contributed by atoms with E-state index in [1.54, 1.807) is 20.8 Å². The van der Waals surface area contributed by atoms with E-state index in [2.05, 4.69) is 17.2 Å². The fourth-order valence-corrected chi connectivity index (χ4v) is 1.74. The summed E-state index contributed by atoms with van der Waals surface area (Å²) >= 11 is 5.70. The molecule has 0 bridgehead atoms. The largest absolute Gasteiger partial charge is 0.444 e. The van der Waals surface area contributed by atoms with Crippen LogP contribution in [0, 0.1) is 11.8 Å². The normalized spacial score (nSPS) is 11.4. The third-order valence-electron chi connectivity index (χ3n) is 2.43. The summed E-state index contributed by atoms with van der Waals surface area (Å²) in [5.41, 5.74) is -1.64. The number of alkyl carbamates (subject to hydrolysis) is 1. The van der Waals surface area contributed by atoms with Gasteiger partial charge in [-0.15, -0.1) is 0 Å². The van der Waals surface area contributed by atoms with Gasteiger partial charge in [-0.2, -0.15) is 13.2 Å². The van der Waals surface area contributed by atoms with Crippen LogP contribution in [0.3, 0.4) is 0 Å². The molecule has 3 nitrogen and oxygen atoms in total. The first kappa shape index (κ1) is 19.2. The predicted molar refractivity (Wildman–Crippen MR) is 82.2 cm³/mol. The van der Waals surface area contributed by atoms with Crippen molar-refractivity contribution in [2.45, 2.75) is 39.0 Å². The summed E-state index contributed by atoms with van der Waals surface area (Å²) in [6.07, 6.45) is -4.91. The smallest absolute Gasteiger partial charge is 0.417 e. The third-order valence-corrected chi connectivity index (χ3v) is 2.66. The van der Waals surface area contributed by atoms with Gasteiger partial charge < -0.3 is 10.1 Å². The van der Waals surface area contributed by atoms with Crippen LogP contribution in [0.25, 0.3) is 0 Å². The van der Waals surface area contributed by atoms with Crippen LogP contribution in [0.2, 0.25) is 5.02 Å². The van der Waals surface area contributed by atoms with Crippen molar-refractivity contribution < 1.29 is 22.7 Å². The number of rotatable bonds is 2. The van der Waals surface area contributed by atoms with Crippen molar-refractivity contribution in [1.29, 1.82) is 0 Å². The molecule has 0 aliphatic carbocycles. The quantitative estimate of drug-likeness (QED) is 0.626. The number of nitrogens with one attached hydrogen (secondary N) is 1. The zero-order valence-corrected chi connectivity index (χ0v) is 13.7. The lowest BCUT2D eigenvalue weighted by Gasteiger charge is -2.19. The first-order valence-corrected chi connectivity index (χ1v) is 7.19. The molecule has 23 heavy (non-hydrogen) atoms. The molecule has 7 heteroatoms. The van der Waals surface area contributed by atoms with E-state index in [4.69, 9.17) is 16.3 Å². The van der Waals surface area contributed by atoms with Gasteiger partial charge in [-0.05, 0) is 39.0 Å². The fraction of sp³-hybridized carbons (Fsp3) is 0.438. The van der Waals surface area contributed by atoms with E-state index in [0.717, 1.165) is 6.07 Å². The number of amides is 1. The number of benzene rings is 1. The Bertz CT molecular complexity index is 625. The lowest BCUT2D eigenvalue weighted by atomic mass is 10.1. The molecular weight excluding hydrogens is 331 g/mol. The summed E-state index contributed by atoms with van der Waals surface area (Å²) in [4.78, 5) is 11.4. The number of carbonyl (C=O) groups excluding carboxylic acids is 1. The van der Waals surface area contributed by atoms with Crippen LogP contribution >= 0.6 is 11.6 Å². The van der Waals surface area contributed by atoms with Gasteiger partial charge in [-0.25, -0.2) is 4.79 Å². The molecular formula is C16H17ClF3NO2. The molecule has 0 aliphatic rings. The van der Waals surface area contributed by atoms with Gasteiger partial charge in [0.1, 0.15) is 5.60 Å². The minimum absolute atomic E-state index is 0.170. The molecule has 0 radical (unpaired) electrons. The summed E-state index contributed by atoms with van der Waals surface area (Å²) in [5, 5.41) is 2.64. The van der Waals surface area contributed by atoms with E-state index in [1.807, 2.05) is 0 Å². The number of halogens is 4. The van der Waals surface area contributed by atoms with Crippen molar-refractivity contribution in [1.82, 2.24) is 5.32 Å². The van der Waals surface area contributed by atoms with Gasteiger partial charge in [0.2, 0.25) is 0 Å². The molecule has 1 aromatic rings. The minimum atomic E-state index is -4.50. The Kier molecular flexibility index (Phi) is 6.34. The van der Waals surface area contributed by atoms with Crippen LogP contribution < -0.4 is 5.32 Å². The maximum absolute atomic E-state index is 12.8. The molecule has 0 unspecified atom stereocenters. The highest BCUT2D eigenvalue weighted by Gasteiger charge is 2.32. The Morgan fingerprint density at radius 1 is 1.30 bits per heavy atom. The molecule has 0 spiro atoms. The molecule has 1 aromatic carbocycles. The molecule has 1 N–H and O–H groups in total. The van der Waals surface area contributed by atoms with Gasteiger partial charge in [0, 0.05) is 23.6 Å². The number of ether oxygens (including phenoxy) is 1. The molecule has 1 amide bonds. The first-order valence-electron chi connectivity index (χ1n) is 6.81. The molecule has 0 atom stereocenters. The van der Waals surface area contributed by atoms with Crippen LogP contribution in [-0.4, -0.2) is 18.2 Å². The summed E-state index contributed by atoms with van der Waals surface area (Å²) in [5.74, 6) is 5.02. The van der Waals surface area contributed by atoms with Crippen molar-refractivity contribution in [2.75, 3.05) is 6.54 Å². The van der Waals surface area contributed by atoms with Crippen LogP contribution in [-0.2, 0) is 10.9 Å². The SMILES string of the molecule is CC(C)(C)OC(=O)NCCC#Cc1cc(Cl)ccc1C(F)(F)F. The molecule has 0 saturated heterocycles. The second kappa shape index (κ2) is 7.60. The van der Waals surface area contributed by atoms with E-state index in [9.17, 15) is 18.0 Å². The summed E-state index contributed by atoms with van der Waals surface area (Å²) in [6, 6.07) is 3.23. The maximum atomic E-state index is 12.8. The van der Waals surface area contributed by atoms with E-state index < -0.39 is 23.4 Å². The molecule has 0 saturated carbocycles. The van der Waals surface area contributed by atoms with Gasteiger partial charge in [0.15, 0.2) is 0 Å². The lowest BCUT2D eigenvalue weighted by molar-refractivity contribution is -0.137. The second-order valence-electron chi connectivity index (χ2n) is 5.67. The van der Waals surface area contributed by atoms with E-state index in [1.165, 1.54) is 12.1 Å². The highest BCUT2D eigenvalue weighted by Crippen LogP contribution is 2.32. The summed E-state index contributed by atoms with van der Waals surface area (Å²) in [7, 11) is 0. The molecule has 126 valence electrons.